The SMILES string of the molecule is O=C(Cn1ncc2c1-c1ccccc1OC2)N1CCN(c2ccc([N+](=O)[O-])cc2)CC1. The molecular formula is C22H21N5O4. The van der Waals surface area contributed by atoms with Crippen molar-refractivity contribution in [2.24, 2.45) is 0 Å². The van der Waals surface area contributed by atoms with E-state index in [1.54, 1.807) is 23.0 Å². The van der Waals surface area contributed by atoms with E-state index in [0.717, 1.165) is 28.3 Å². The lowest BCUT2D eigenvalue weighted by atomic mass is 10.0. The van der Waals surface area contributed by atoms with Crippen LogP contribution in [0.3, 0.4) is 0 Å². The number of para-hydroxylation sites is 1. The highest BCUT2D eigenvalue weighted by Crippen LogP contribution is 2.37. The zero-order valence-corrected chi connectivity index (χ0v) is 16.8. The van der Waals surface area contributed by atoms with Crippen LogP contribution in [0, 0.1) is 10.1 Å². The van der Waals surface area contributed by atoms with Gasteiger partial charge in [0.25, 0.3) is 5.69 Å². The van der Waals surface area contributed by atoms with Gasteiger partial charge in [-0.3, -0.25) is 19.6 Å². The Balaban J connectivity index is 1.25. The van der Waals surface area contributed by atoms with Gasteiger partial charge in [0.1, 0.15) is 18.9 Å². The predicted molar refractivity (Wildman–Crippen MR) is 114 cm³/mol. The van der Waals surface area contributed by atoms with Crippen molar-refractivity contribution >= 4 is 17.3 Å². The third-order valence-corrected chi connectivity index (χ3v) is 5.78. The van der Waals surface area contributed by atoms with Gasteiger partial charge in [0.15, 0.2) is 0 Å². The van der Waals surface area contributed by atoms with Crippen LogP contribution in [0.2, 0.25) is 0 Å². The third-order valence-electron chi connectivity index (χ3n) is 5.78. The summed E-state index contributed by atoms with van der Waals surface area (Å²) >= 11 is 0. The van der Waals surface area contributed by atoms with E-state index in [9.17, 15) is 14.9 Å². The smallest absolute Gasteiger partial charge is 0.269 e. The van der Waals surface area contributed by atoms with Gasteiger partial charge in [-0.1, -0.05) is 12.1 Å². The fourth-order valence-corrected chi connectivity index (χ4v) is 4.13. The highest BCUT2D eigenvalue weighted by molar-refractivity contribution is 5.78. The first kappa shape index (κ1) is 19.1. The van der Waals surface area contributed by atoms with E-state index in [0.29, 0.717) is 32.8 Å². The van der Waals surface area contributed by atoms with Crippen molar-refractivity contribution in [3.8, 4) is 17.0 Å². The topological polar surface area (TPSA) is 93.7 Å². The molecule has 0 atom stereocenters. The second-order valence-corrected chi connectivity index (χ2v) is 7.60. The number of hydrogen-bond acceptors (Lipinski definition) is 6. The summed E-state index contributed by atoms with van der Waals surface area (Å²) in [5, 5.41) is 15.3. The molecule has 3 aromatic rings. The zero-order chi connectivity index (χ0) is 21.4. The van der Waals surface area contributed by atoms with E-state index in [1.807, 2.05) is 29.2 Å². The quantitative estimate of drug-likeness (QED) is 0.477. The van der Waals surface area contributed by atoms with Gasteiger partial charge >= 0.3 is 0 Å². The van der Waals surface area contributed by atoms with Gasteiger partial charge in [-0.25, -0.2) is 0 Å². The molecule has 3 heterocycles. The van der Waals surface area contributed by atoms with E-state index in [-0.39, 0.29) is 18.1 Å². The molecule has 5 rings (SSSR count). The number of benzene rings is 2. The largest absolute Gasteiger partial charge is 0.488 e. The van der Waals surface area contributed by atoms with Gasteiger partial charge in [-0.05, 0) is 24.3 Å². The summed E-state index contributed by atoms with van der Waals surface area (Å²) < 4.78 is 7.53. The number of carbonyl (C=O) groups excluding carboxylic acids is 1. The minimum Gasteiger partial charge on any atom is -0.488 e. The van der Waals surface area contributed by atoms with Gasteiger partial charge in [0, 0.05) is 55.1 Å². The number of non-ortho nitro benzene ring substituents is 1. The third kappa shape index (κ3) is 3.58. The van der Waals surface area contributed by atoms with Crippen LogP contribution in [0.4, 0.5) is 11.4 Å². The molecule has 1 amide bonds. The Bertz CT molecular complexity index is 1130. The van der Waals surface area contributed by atoms with E-state index in [4.69, 9.17) is 4.74 Å². The zero-order valence-electron chi connectivity index (χ0n) is 16.8. The standard InChI is InChI=1S/C22H21N5O4/c28-21(14-26-22-16(13-23-26)15-31-20-4-2-1-3-19(20)22)25-11-9-24(10-12-25)17-5-7-18(8-6-17)27(29)30/h1-8,13H,9-12,14-15H2. The molecule has 1 aromatic heterocycles. The van der Waals surface area contributed by atoms with Crippen molar-refractivity contribution in [2.75, 3.05) is 31.1 Å². The molecule has 0 N–H and O–H groups in total. The number of carbonyl (C=O) groups is 1. The van der Waals surface area contributed by atoms with Gasteiger partial charge in [0.05, 0.1) is 16.8 Å². The molecule has 158 valence electrons. The lowest BCUT2D eigenvalue weighted by Crippen LogP contribution is -2.49. The summed E-state index contributed by atoms with van der Waals surface area (Å²) in [6.45, 7) is 3.18. The Labute approximate surface area is 178 Å². The number of nitro groups is 1. The van der Waals surface area contributed by atoms with Crippen molar-refractivity contribution in [2.45, 2.75) is 13.2 Å². The molecule has 0 aliphatic carbocycles. The van der Waals surface area contributed by atoms with E-state index in [1.165, 1.54) is 12.1 Å². The monoisotopic (exact) mass is 419 g/mol. The van der Waals surface area contributed by atoms with Crippen molar-refractivity contribution in [1.82, 2.24) is 14.7 Å². The number of nitrogens with zero attached hydrogens (tertiary/aromatic N) is 5. The Kier molecular flexibility index (Phi) is 4.78. The summed E-state index contributed by atoms with van der Waals surface area (Å²) in [5.41, 5.74) is 3.88. The minimum absolute atomic E-state index is 0.0261. The number of fused-ring (bicyclic) bond motifs is 3. The van der Waals surface area contributed by atoms with Gasteiger partial charge in [-0.15, -0.1) is 0 Å². The van der Waals surface area contributed by atoms with Gasteiger partial charge in [-0.2, -0.15) is 5.10 Å². The maximum Gasteiger partial charge on any atom is 0.269 e. The fraction of sp³-hybridized carbons (Fsp3) is 0.273. The highest BCUT2D eigenvalue weighted by Gasteiger charge is 2.26. The average molecular weight is 419 g/mol. The van der Waals surface area contributed by atoms with Crippen molar-refractivity contribution in [3.63, 3.8) is 0 Å². The molecule has 9 heteroatoms. The molecule has 1 saturated heterocycles. The first-order valence-electron chi connectivity index (χ1n) is 10.1. The van der Waals surface area contributed by atoms with E-state index < -0.39 is 4.92 Å². The first-order valence-corrected chi connectivity index (χ1v) is 10.1. The molecule has 0 bridgehead atoms. The maximum absolute atomic E-state index is 13.0. The van der Waals surface area contributed by atoms with Crippen LogP contribution in [0.25, 0.3) is 11.3 Å². The van der Waals surface area contributed by atoms with Crippen molar-refractivity contribution in [1.29, 1.82) is 0 Å². The number of amides is 1. The number of nitro benzene ring substituents is 1. The van der Waals surface area contributed by atoms with E-state index in [2.05, 4.69) is 10.00 Å². The molecule has 0 spiro atoms. The lowest BCUT2D eigenvalue weighted by Gasteiger charge is -2.36. The maximum atomic E-state index is 13.0. The van der Waals surface area contributed by atoms with Crippen LogP contribution in [0.5, 0.6) is 5.75 Å². The normalized spacial score (nSPS) is 15.1. The summed E-state index contributed by atoms with van der Waals surface area (Å²) in [6.07, 6.45) is 1.77. The van der Waals surface area contributed by atoms with Crippen LogP contribution >= 0.6 is 0 Å². The Morgan fingerprint density at radius 2 is 1.81 bits per heavy atom. The number of rotatable bonds is 4. The minimum atomic E-state index is -0.404. The summed E-state index contributed by atoms with van der Waals surface area (Å²) in [6, 6.07) is 14.3. The van der Waals surface area contributed by atoms with Crippen LogP contribution in [0.15, 0.2) is 54.7 Å². The molecule has 31 heavy (non-hydrogen) atoms. The summed E-state index contributed by atoms with van der Waals surface area (Å²) in [5.74, 6) is 0.833. The second kappa shape index (κ2) is 7.75. The summed E-state index contributed by atoms with van der Waals surface area (Å²) in [4.78, 5) is 27.4. The van der Waals surface area contributed by atoms with Crippen LogP contribution in [-0.2, 0) is 17.9 Å². The average Bonchev–Trinajstić information content (AvgIpc) is 3.22. The van der Waals surface area contributed by atoms with E-state index >= 15 is 0 Å². The molecule has 2 aliphatic heterocycles. The molecule has 0 radical (unpaired) electrons. The Morgan fingerprint density at radius 3 is 2.55 bits per heavy atom. The highest BCUT2D eigenvalue weighted by atomic mass is 16.6. The number of ether oxygens (including phenoxy) is 1. The Morgan fingerprint density at radius 1 is 1.06 bits per heavy atom. The Hall–Kier alpha value is -3.88. The molecule has 9 nitrogen and oxygen atoms in total. The lowest BCUT2D eigenvalue weighted by molar-refractivity contribution is -0.384. The summed E-state index contributed by atoms with van der Waals surface area (Å²) in [7, 11) is 0. The van der Waals surface area contributed by atoms with Crippen LogP contribution in [0.1, 0.15) is 5.56 Å². The molecule has 1 fully saturated rings. The second-order valence-electron chi connectivity index (χ2n) is 7.60. The van der Waals surface area contributed by atoms with Gasteiger partial charge < -0.3 is 14.5 Å². The van der Waals surface area contributed by atoms with Crippen molar-refractivity contribution < 1.29 is 14.5 Å². The first-order chi connectivity index (χ1) is 15.1. The molecule has 0 unspecified atom stereocenters. The molecule has 2 aromatic carbocycles. The predicted octanol–water partition coefficient (Wildman–Crippen LogP) is 2.70. The fourth-order valence-electron chi connectivity index (χ4n) is 4.13. The number of anilines is 1. The van der Waals surface area contributed by atoms with Crippen molar-refractivity contribution in [3.05, 3.63) is 70.4 Å². The molecular weight excluding hydrogens is 398 g/mol. The molecule has 0 saturated carbocycles. The van der Waals surface area contributed by atoms with Gasteiger partial charge in [0.2, 0.25) is 5.91 Å². The molecule has 2 aliphatic rings. The van der Waals surface area contributed by atoms with Crippen LogP contribution < -0.4 is 9.64 Å². The number of piperazine rings is 1. The number of aromatic nitrogens is 2. The number of hydrogen-bond donors (Lipinski definition) is 0. The van der Waals surface area contributed by atoms with Crippen LogP contribution in [-0.4, -0.2) is 51.7 Å².